The molecule has 0 unspecified atom stereocenters. The molecular formula is C30H38N2O7. The van der Waals surface area contributed by atoms with Crippen LogP contribution in [0.15, 0.2) is 24.3 Å². The van der Waals surface area contributed by atoms with Crippen molar-refractivity contribution < 1.29 is 33.4 Å². The van der Waals surface area contributed by atoms with Gasteiger partial charge in [0.2, 0.25) is 5.91 Å². The van der Waals surface area contributed by atoms with Crippen LogP contribution in [0.5, 0.6) is 5.75 Å². The predicted molar refractivity (Wildman–Crippen MR) is 147 cm³/mol. The molecule has 1 heterocycles. The third kappa shape index (κ3) is 7.37. The van der Waals surface area contributed by atoms with Gasteiger partial charge in [0.05, 0.1) is 13.7 Å². The van der Waals surface area contributed by atoms with Crippen molar-refractivity contribution in [1.82, 2.24) is 4.90 Å². The summed E-state index contributed by atoms with van der Waals surface area (Å²) in [5.41, 5.74) is 4.86. The number of methoxy groups -OCH3 is 1. The van der Waals surface area contributed by atoms with E-state index < -0.39 is 23.7 Å². The van der Waals surface area contributed by atoms with Gasteiger partial charge >= 0.3 is 18.0 Å². The van der Waals surface area contributed by atoms with Crippen molar-refractivity contribution in [3.05, 3.63) is 57.6 Å². The van der Waals surface area contributed by atoms with Crippen LogP contribution in [0.2, 0.25) is 0 Å². The van der Waals surface area contributed by atoms with E-state index in [-0.39, 0.29) is 24.8 Å². The number of anilines is 1. The molecule has 0 saturated carbocycles. The quantitative estimate of drug-likeness (QED) is 0.409. The van der Waals surface area contributed by atoms with E-state index >= 15 is 0 Å². The number of aryl methyl sites for hydroxylation is 2. The number of esters is 2. The number of carbonyl (C=O) groups is 4. The van der Waals surface area contributed by atoms with Gasteiger partial charge in [-0.15, -0.1) is 0 Å². The summed E-state index contributed by atoms with van der Waals surface area (Å²) in [5.74, 6) is -0.576. The largest absolute Gasteiger partial charge is 0.469 e. The Morgan fingerprint density at radius 1 is 1.03 bits per heavy atom. The maximum Gasteiger partial charge on any atom is 0.411 e. The average molecular weight is 539 g/mol. The highest BCUT2D eigenvalue weighted by molar-refractivity contribution is 5.98. The minimum atomic E-state index is -0.804. The molecule has 9 nitrogen and oxygen atoms in total. The lowest BCUT2D eigenvalue weighted by Gasteiger charge is -2.37. The fourth-order valence-electron chi connectivity index (χ4n) is 4.59. The van der Waals surface area contributed by atoms with Gasteiger partial charge in [-0.2, -0.15) is 0 Å². The molecule has 3 rings (SSSR count). The second-order valence-corrected chi connectivity index (χ2v) is 10.9. The third-order valence-corrected chi connectivity index (χ3v) is 6.71. The van der Waals surface area contributed by atoms with E-state index in [1.807, 2.05) is 39.0 Å². The zero-order chi connectivity index (χ0) is 29.1. The Kier molecular flexibility index (Phi) is 9.04. The van der Waals surface area contributed by atoms with E-state index in [9.17, 15) is 19.2 Å². The van der Waals surface area contributed by atoms with Crippen molar-refractivity contribution in [2.24, 2.45) is 0 Å². The number of carbonyl (C=O) groups excluding carboxylic acids is 4. The SMILES string of the molecule is COC(=O)CCc1ccc2c(c1)CN(C(=O)OC(C)(C)C)[C@H](C(=O)Nc1cc(C)c(OC(C)=O)c(C)c1C)C2. The smallest absolute Gasteiger partial charge is 0.411 e. The maximum atomic E-state index is 13.7. The minimum Gasteiger partial charge on any atom is -0.469 e. The average Bonchev–Trinajstić information content (AvgIpc) is 2.86. The monoisotopic (exact) mass is 538 g/mol. The first-order valence-electron chi connectivity index (χ1n) is 13.0. The van der Waals surface area contributed by atoms with Crippen LogP contribution in [0.4, 0.5) is 10.5 Å². The van der Waals surface area contributed by atoms with Crippen LogP contribution in [-0.4, -0.2) is 47.6 Å². The number of benzene rings is 2. The van der Waals surface area contributed by atoms with Gasteiger partial charge in [-0.3, -0.25) is 19.3 Å². The highest BCUT2D eigenvalue weighted by Gasteiger charge is 2.37. The Labute approximate surface area is 229 Å². The standard InChI is InChI=1S/C30H38N2O7/c1-17-13-24(18(2)19(3)27(17)38-20(4)33)31-28(35)25-15-22-11-9-21(10-12-26(34)37-8)14-23(22)16-32(25)29(36)39-30(5,6)7/h9,11,13-14,25H,10,12,15-16H2,1-8H3,(H,31,35)/t25-/m0/s1. The number of hydrogen-bond donors (Lipinski definition) is 1. The normalized spacial score (nSPS) is 14.8. The second-order valence-electron chi connectivity index (χ2n) is 10.9. The van der Waals surface area contributed by atoms with Crippen molar-refractivity contribution in [3.63, 3.8) is 0 Å². The zero-order valence-corrected chi connectivity index (χ0v) is 24.0. The number of rotatable bonds is 6. The van der Waals surface area contributed by atoms with Crippen LogP contribution in [0.1, 0.15) is 67.5 Å². The van der Waals surface area contributed by atoms with E-state index in [4.69, 9.17) is 14.2 Å². The van der Waals surface area contributed by atoms with Crippen molar-refractivity contribution in [1.29, 1.82) is 0 Å². The summed E-state index contributed by atoms with van der Waals surface area (Å²) >= 11 is 0. The first kappa shape index (κ1) is 29.7. The molecule has 0 spiro atoms. The molecule has 0 aromatic heterocycles. The number of amides is 2. The van der Waals surface area contributed by atoms with Gasteiger partial charge in [-0.25, -0.2) is 4.79 Å². The summed E-state index contributed by atoms with van der Waals surface area (Å²) in [6.07, 6.45) is 0.491. The predicted octanol–water partition coefficient (Wildman–Crippen LogP) is 4.94. The molecule has 2 aromatic rings. The fourth-order valence-corrected chi connectivity index (χ4v) is 4.59. The number of ether oxygens (including phenoxy) is 3. The highest BCUT2D eigenvalue weighted by Crippen LogP contribution is 2.33. The van der Waals surface area contributed by atoms with Crippen molar-refractivity contribution >= 4 is 29.6 Å². The zero-order valence-electron chi connectivity index (χ0n) is 24.0. The van der Waals surface area contributed by atoms with Gasteiger partial charge in [0.25, 0.3) is 0 Å². The van der Waals surface area contributed by atoms with Crippen molar-refractivity contribution in [3.8, 4) is 5.75 Å². The topological polar surface area (TPSA) is 111 Å². The van der Waals surface area contributed by atoms with Crippen LogP contribution in [-0.2, 0) is 43.2 Å². The third-order valence-electron chi connectivity index (χ3n) is 6.71. The summed E-state index contributed by atoms with van der Waals surface area (Å²) in [7, 11) is 1.36. The summed E-state index contributed by atoms with van der Waals surface area (Å²) in [5, 5.41) is 2.99. The Hall–Kier alpha value is -3.88. The lowest BCUT2D eigenvalue weighted by atomic mass is 9.91. The van der Waals surface area contributed by atoms with E-state index in [0.29, 0.717) is 29.8 Å². The Bertz CT molecular complexity index is 1290. The molecule has 210 valence electrons. The van der Waals surface area contributed by atoms with E-state index in [0.717, 1.165) is 27.8 Å². The van der Waals surface area contributed by atoms with E-state index in [1.165, 1.54) is 18.9 Å². The molecule has 0 radical (unpaired) electrons. The molecule has 39 heavy (non-hydrogen) atoms. The van der Waals surface area contributed by atoms with Gasteiger partial charge in [0.15, 0.2) is 0 Å². The molecular weight excluding hydrogens is 500 g/mol. The molecule has 0 aliphatic carbocycles. The van der Waals surface area contributed by atoms with Gasteiger partial charge in [0, 0.05) is 25.5 Å². The van der Waals surface area contributed by atoms with Crippen LogP contribution in [0.25, 0.3) is 0 Å². The molecule has 1 aliphatic rings. The number of hydrogen-bond acceptors (Lipinski definition) is 7. The minimum absolute atomic E-state index is 0.191. The molecule has 1 atom stereocenters. The molecule has 1 N–H and O–H groups in total. The summed E-state index contributed by atoms with van der Waals surface area (Å²) in [6, 6.07) is 6.81. The Balaban J connectivity index is 1.92. The van der Waals surface area contributed by atoms with Crippen molar-refractivity contribution in [2.45, 2.75) is 85.9 Å². The van der Waals surface area contributed by atoms with E-state index in [1.54, 1.807) is 26.8 Å². The molecule has 0 fully saturated rings. The second kappa shape index (κ2) is 11.9. The summed E-state index contributed by atoms with van der Waals surface area (Å²) in [4.78, 5) is 51.5. The van der Waals surface area contributed by atoms with Gasteiger partial charge in [-0.1, -0.05) is 18.2 Å². The van der Waals surface area contributed by atoms with E-state index in [2.05, 4.69) is 5.32 Å². The maximum absolute atomic E-state index is 13.7. The lowest BCUT2D eigenvalue weighted by Crippen LogP contribution is -2.52. The first-order valence-corrected chi connectivity index (χ1v) is 13.0. The highest BCUT2D eigenvalue weighted by atomic mass is 16.6. The first-order chi connectivity index (χ1) is 18.2. The lowest BCUT2D eigenvalue weighted by molar-refractivity contribution is -0.140. The van der Waals surface area contributed by atoms with Crippen LogP contribution in [0.3, 0.4) is 0 Å². The molecule has 9 heteroatoms. The Morgan fingerprint density at radius 2 is 1.72 bits per heavy atom. The molecule has 2 amide bonds. The van der Waals surface area contributed by atoms with Crippen LogP contribution < -0.4 is 10.1 Å². The fraction of sp³-hybridized carbons (Fsp3) is 0.467. The van der Waals surface area contributed by atoms with Crippen LogP contribution in [0, 0.1) is 20.8 Å². The molecule has 0 bridgehead atoms. The van der Waals surface area contributed by atoms with Gasteiger partial charge < -0.3 is 19.5 Å². The molecule has 0 saturated heterocycles. The van der Waals surface area contributed by atoms with Gasteiger partial charge in [0.1, 0.15) is 17.4 Å². The number of nitrogens with zero attached hydrogens (tertiary/aromatic N) is 1. The summed E-state index contributed by atoms with van der Waals surface area (Å²) in [6.45, 7) is 12.4. The number of nitrogens with one attached hydrogen (secondary N) is 1. The molecule has 2 aromatic carbocycles. The van der Waals surface area contributed by atoms with Crippen molar-refractivity contribution in [2.75, 3.05) is 12.4 Å². The molecule has 1 aliphatic heterocycles. The van der Waals surface area contributed by atoms with Gasteiger partial charge in [-0.05, 0) is 87.4 Å². The van der Waals surface area contributed by atoms with Crippen LogP contribution >= 0.6 is 0 Å². The number of fused-ring (bicyclic) bond motifs is 1. The Morgan fingerprint density at radius 3 is 2.33 bits per heavy atom. The summed E-state index contributed by atoms with van der Waals surface area (Å²) < 4.78 is 15.8.